The summed E-state index contributed by atoms with van der Waals surface area (Å²) < 4.78 is 3.16. The fourth-order valence-electron chi connectivity index (χ4n) is 2.68. The van der Waals surface area contributed by atoms with Crippen molar-refractivity contribution in [2.24, 2.45) is 12.8 Å². The molecular formula is C16H20N4S. The number of hydrogen-bond acceptors (Lipinski definition) is 4. The molecule has 0 saturated heterocycles. The molecule has 0 bridgehead atoms. The van der Waals surface area contributed by atoms with Crippen LogP contribution in [0.3, 0.4) is 0 Å². The van der Waals surface area contributed by atoms with Gasteiger partial charge in [0.2, 0.25) is 0 Å². The molecule has 0 aliphatic heterocycles. The lowest BCUT2D eigenvalue weighted by atomic mass is 10.0. The Morgan fingerprint density at radius 2 is 2.00 bits per heavy atom. The lowest BCUT2D eigenvalue weighted by molar-refractivity contribution is 0.657. The van der Waals surface area contributed by atoms with Crippen LogP contribution in [0.2, 0.25) is 0 Å². The second-order valence-corrected chi connectivity index (χ2v) is 6.63. The van der Waals surface area contributed by atoms with Crippen molar-refractivity contribution in [1.82, 2.24) is 14.8 Å². The molecule has 1 aromatic carbocycles. The van der Waals surface area contributed by atoms with E-state index < -0.39 is 0 Å². The van der Waals surface area contributed by atoms with Gasteiger partial charge < -0.3 is 5.73 Å². The highest BCUT2D eigenvalue weighted by atomic mass is 32.1. The number of rotatable bonds is 4. The molecule has 2 aromatic heterocycles. The van der Waals surface area contributed by atoms with Crippen LogP contribution in [-0.2, 0) is 19.9 Å². The maximum atomic E-state index is 6.34. The largest absolute Gasteiger partial charge is 0.327 e. The van der Waals surface area contributed by atoms with Crippen molar-refractivity contribution >= 4 is 21.6 Å². The van der Waals surface area contributed by atoms with Crippen LogP contribution in [0.1, 0.15) is 22.0 Å². The average molecular weight is 300 g/mol. The molecule has 0 fully saturated rings. The van der Waals surface area contributed by atoms with E-state index in [2.05, 4.69) is 29.1 Å². The van der Waals surface area contributed by atoms with Crippen LogP contribution in [0.4, 0.5) is 0 Å². The lowest BCUT2D eigenvalue weighted by Gasteiger charge is -2.10. The van der Waals surface area contributed by atoms with Crippen molar-refractivity contribution in [3.05, 3.63) is 46.2 Å². The van der Waals surface area contributed by atoms with Crippen LogP contribution < -0.4 is 5.73 Å². The van der Waals surface area contributed by atoms with Crippen LogP contribution in [0.5, 0.6) is 0 Å². The zero-order valence-electron chi connectivity index (χ0n) is 12.6. The molecule has 110 valence electrons. The van der Waals surface area contributed by atoms with Crippen LogP contribution in [0.15, 0.2) is 24.3 Å². The van der Waals surface area contributed by atoms with Crippen molar-refractivity contribution in [1.29, 1.82) is 0 Å². The van der Waals surface area contributed by atoms with Gasteiger partial charge in [0.05, 0.1) is 20.9 Å². The maximum Gasteiger partial charge on any atom is 0.0954 e. The van der Waals surface area contributed by atoms with E-state index in [1.165, 1.54) is 16.0 Å². The highest BCUT2D eigenvalue weighted by Gasteiger charge is 2.15. The molecule has 1 unspecified atom stereocenters. The first-order chi connectivity index (χ1) is 10.0. The van der Waals surface area contributed by atoms with Gasteiger partial charge in [0.1, 0.15) is 0 Å². The van der Waals surface area contributed by atoms with E-state index in [4.69, 9.17) is 5.73 Å². The second-order valence-electron chi connectivity index (χ2n) is 5.52. The quantitative estimate of drug-likeness (QED) is 0.806. The Labute approximate surface area is 128 Å². The summed E-state index contributed by atoms with van der Waals surface area (Å²) in [7, 11) is 1.98. The Kier molecular flexibility index (Phi) is 3.78. The van der Waals surface area contributed by atoms with E-state index in [-0.39, 0.29) is 6.04 Å². The van der Waals surface area contributed by atoms with E-state index in [0.717, 1.165) is 29.1 Å². The number of aryl methyl sites for hydroxylation is 2. The first kappa shape index (κ1) is 14.2. The zero-order valence-corrected chi connectivity index (χ0v) is 13.4. The SMILES string of the molecule is Cc1nn(C)c(C)c1CC(N)Cc1nc2ccccc2s1. The summed E-state index contributed by atoms with van der Waals surface area (Å²) in [5.41, 5.74) is 11.0. The fourth-order valence-corrected chi connectivity index (χ4v) is 3.74. The Morgan fingerprint density at radius 3 is 2.67 bits per heavy atom. The summed E-state index contributed by atoms with van der Waals surface area (Å²) in [5.74, 6) is 0. The normalized spacial score (nSPS) is 13.0. The van der Waals surface area contributed by atoms with Gasteiger partial charge in [-0.25, -0.2) is 4.98 Å². The van der Waals surface area contributed by atoms with Gasteiger partial charge in [-0.2, -0.15) is 5.10 Å². The lowest BCUT2D eigenvalue weighted by Crippen LogP contribution is -2.26. The summed E-state index contributed by atoms with van der Waals surface area (Å²) in [6, 6.07) is 8.31. The molecule has 0 aliphatic carbocycles. The molecule has 0 aliphatic rings. The Hall–Kier alpha value is -1.72. The summed E-state index contributed by atoms with van der Waals surface area (Å²) in [6.07, 6.45) is 1.66. The third-order valence-corrected chi connectivity index (χ3v) is 4.96. The van der Waals surface area contributed by atoms with Crippen LogP contribution in [0.25, 0.3) is 10.2 Å². The predicted molar refractivity (Wildman–Crippen MR) is 87.7 cm³/mol. The summed E-state index contributed by atoms with van der Waals surface area (Å²) in [5, 5.41) is 5.57. The summed E-state index contributed by atoms with van der Waals surface area (Å²) >= 11 is 1.74. The standard InChI is InChI=1S/C16H20N4S/c1-10-13(11(2)20(3)19-10)8-12(17)9-16-18-14-6-4-5-7-15(14)21-16/h4-7,12H,8-9,17H2,1-3H3. The minimum Gasteiger partial charge on any atom is -0.327 e. The minimum atomic E-state index is 0.0761. The number of aromatic nitrogens is 3. The predicted octanol–water partition coefficient (Wildman–Crippen LogP) is 2.76. The topological polar surface area (TPSA) is 56.7 Å². The second kappa shape index (κ2) is 5.58. The third-order valence-electron chi connectivity index (χ3n) is 3.90. The van der Waals surface area contributed by atoms with Gasteiger partial charge in [-0.05, 0) is 38.0 Å². The number of benzene rings is 1. The molecule has 0 spiro atoms. The number of hydrogen-bond donors (Lipinski definition) is 1. The van der Waals surface area contributed by atoms with Gasteiger partial charge in [-0.3, -0.25) is 4.68 Å². The number of nitrogens with zero attached hydrogens (tertiary/aromatic N) is 3. The van der Waals surface area contributed by atoms with Gasteiger partial charge in [0.15, 0.2) is 0 Å². The van der Waals surface area contributed by atoms with Crippen LogP contribution in [0, 0.1) is 13.8 Å². The van der Waals surface area contributed by atoms with Gasteiger partial charge >= 0.3 is 0 Å². The van der Waals surface area contributed by atoms with Crippen molar-refractivity contribution in [2.45, 2.75) is 32.7 Å². The monoisotopic (exact) mass is 300 g/mol. The van der Waals surface area contributed by atoms with E-state index >= 15 is 0 Å². The van der Waals surface area contributed by atoms with E-state index in [1.807, 2.05) is 30.8 Å². The molecule has 0 saturated carbocycles. The minimum absolute atomic E-state index is 0.0761. The molecule has 4 nitrogen and oxygen atoms in total. The smallest absolute Gasteiger partial charge is 0.0954 e. The highest BCUT2D eigenvalue weighted by molar-refractivity contribution is 7.18. The first-order valence-corrected chi connectivity index (χ1v) is 7.95. The van der Waals surface area contributed by atoms with Crippen molar-refractivity contribution < 1.29 is 0 Å². The molecule has 0 amide bonds. The molecule has 2 heterocycles. The fraction of sp³-hybridized carbons (Fsp3) is 0.375. The van der Waals surface area contributed by atoms with E-state index in [1.54, 1.807) is 11.3 Å². The van der Waals surface area contributed by atoms with Gasteiger partial charge in [0, 0.05) is 25.2 Å². The highest BCUT2D eigenvalue weighted by Crippen LogP contribution is 2.23. The number of para-hydroxylation sites is 1. The molecule has 2 N–H and O–H groups in total. The number of thiazole rings is 1. The summed E-state index contributed by atoms with van der Waals surface area (Å²) in [6.45, 7) is 4.15. The Morgan fingerprint density at radius 1 is 1.24 bits per heavy atom. The molecule has 21 heavy (non-hydrogen) atoms. The molecule has 3 aromatic rings. The first-order valence-electron chi connectivity index (χ1n) is 7.13. The summed E-state index contributed by atoms with van der Waals surface area (Å²) in [4.78, 5) is 4.66. The van der Waals surface area contributed by atoms with Crippen molar-refractivity contribution in [3.8, 4) is 0 Å². The van der Waals surface area contributed by atoms with Crippen molar-refractivity contribution in [2.75, 3.05) is 0 Å². The van der Waals surface area contributed by atoms with E-state index in [9.17, 15) is 0 Å². The zero-order chi connectivity index (χ0) is 15.0. The van der Waals surface area contributed by atoms with Gasteiger partial charge in [-0.1, -0.05) is 12.1 Å². The third kappa shape index (κ3) is 2.84. The average Bonchev–Trinajstić information content (AvgIpc) is 2.94. The molecular weight excluding hydrogens is 280 g/mol. The van der Waals surface area contributed by atoms with E-state index in [0.29, 0.717) is 0 Å². The molecule has 0 radical (unpaired) electrons. The molecule has 3 rings (SSSR count). The van der Waals surface area contributed by atoms with Crippen molar-refractivity contribution in [3.63, 3.8) is 0 Å². The maximum absolute atomic E-state index is 6.34. The Balaban J connectivity index is 1.75. The molecule has 5 heteroatoms. The van der Waals surface area contributed by atoms with Crippen LogP contribution in [-0.4, -0.2) is 20.8 Å². The number of nitrogens with two attached hydrogens (primary N) is 1. The number of fused-ring (bicyclic) bond motifs is 1. The van der Waals surface area contributed by atoms with Gasteiger partial charge in [0.25, 0.3) is 0 Å². The van der Waals surface area contributed by atoms with Crippen LogP contribution >= 0.6 is 11.3 Å². The van der Waals surface area contributed by atoms with Gasteiger partial charge in [-0.15, -0.1) is 11.3 Å². The molecule has 1 atom stereocenters. The Bertz CT molecular complexity index is 739.